The van der Waals surface area contributed by atoms with Gasteiger partial charge in [0.25, 0.3) is 0 Å². The van der Waals surface area contributed by atoms with Crippen LogP contribution in [-0.4, -0.2) is 23.8 Å². The number of rotatable bonds is 5. The highest BCUT2D eigenvalue weighted by molar-refractivity contribution is 5.55. The van der Waals surface area contributed by atoms with Crippen LogP contribution < -0.4 is 10.5 Å². The van der Waals surface area contributed by atoms with E-state index in [0.29, 0.717) is 18.3 Å². The van der Waals surface area contributed by atoms with Crippen LogP contribution in [0.5, 0.6) is 5.75 Å². The molecule has 0 spiro atoms. The van der Waals surface area contributed by atoms with Crippen molar-refractivity contribution in [1.82, 2.24) is 10.1 Å². The number of ether oxygens (including phenoxy) is 1. The first kappa shape index (κ1) is 13.1. The van der Waals surface area contributed by atoms with Gasteiger partial charge in [0, 0.05) is 12.0 Å². The summed E-state index contributed by atoms with van der Waals surface area (Å²) in [5, 5.41) is 4.05. The van der Waals surface area contributed by atoms with Crippen LogP contribution >= 0.6 is 0 Å². The van der Waals surface area contributed by atoms with Crippen LogP contribution in [-0.2, 0) is 6.42 Å². The number of hydrogen-bond donors (Lipinski definition) is 1. The molecule has 0 saturated heterocycles. The summed E-state index contributed by atoms with van der Waals surface area (Å²) in [5.74, 6) is 2.11. The molecule has 2 aromatic rings. The van der Waals surface area contributed by atoms with Crippen molar-refractivity contribution in [3.05, 3.63) is 30.2 Å². The Morgan fingerprint density at radius 3 is 2.60 bits per heavy atom. The van der Waals surface area contributed by atoms with Crippen molar-refractivity contribution >= 4 is 0 Å². The molecular weight excluding hydrogens is 254 g/mol. The lowest BCUT2D eigenvalue weighted by molar-refractivity contribution is 0.129. The second kappa shape index (κ2) is 5.25. The zero-order valence-electron chi connectivity index (χ0n) is 11.6. The summed E-state index contributed by atoms with van der Waals surface area (Å²) in [6, 6.07) is 7.63. The average molecular weight is 273 g/mol. The van der Waals surface area contributed by atoms with Crippen LogP contribution in [0.3, 0.4) is 0 Å². The maximum Gasteiger partial charge on any atom is 0.227 e. The molecule has 20 heavy (non-hydrogen) atoms. The highest BCUT2D eigenvalue weighted by Crippen LogP contribution is 2.42. The molecule has 1 aliphatic carbocycles. The minimum absolute atomic E-state index is 0.184. The van der Waals surface area contributed by atoms with E-state index >= 15 is 0 Å². The van der Waals surface area contributed by atoms with Crippen molar-refractivity contribution in [3.8, 4) is 17.1 Å². The number of methoxy groups -OCH3 is 1. The van der Waals surface area contributed by atoms with Crippen molar-refractivity contribution in [1.29, 1.82) is 0 Å². The number of benzene rings is 1. The fraction of sp³-hybridized carbons (Fsp3) is 0.467. The van der Waals surface area contributed by atoms with E-state index in [4.69, 9.17) is 15.0 Å². The molecule has 0 amide bonds. The van der Waals surface area contributed by atoms with Gasteiger partial charge >= 0.3 is 0 Å². The molecule has 1 aliphatic rings. The molecule has 3 rings (SSSR count). The van der Waals surface area contributed by atoms with E-state index in [1.807, 2.05) is 24.3 Å². The van der Waals surface area contributed by atoms with Crippen LogP contribution in [0.25, 0.3) is 11.4 Å². The minimum atomic E-state index is 0.184. The van der Waals surface area contributed by atoms with Gasteiger partial charge in [-0.05, 0) is 49.1 Å². The first-order valence-corrected chi connectivity index (χ1v) is 6.92. The molecule has 0 unspecified atom stereocenters. The van der Waals surface area contributed by atoms with Gasteiger partial charge in [0.2, 0.25) is 11.7 Å². The van der Waals surface area contributed by atoms with Gasteiger partial charge in [0.1, 0.15) is 5.75 Å². The van der Waals surface area contributed by atoms with Crippen molar-refractivity contribution < 1.29 is 9.26 Å². The lowest BCUT2D eigenvalue weighted by atomic mass is 9.67. The zero-order chi connectivity index (χ0) is 14.0. The molecule has 1 heterocycles. The first-order valence-electron chi connectivity index (χ1n) is 6.92. The second-order valence-corrected chi connectivity index (χ2v) is 5.47. The number of hydrogen-bond acceptors (Lipinski definition) is 5. The van der Waals surface area contributed by atoms with E-state index in [9.17, 15) is 0 Å². The molecule has 106 valence electrons. The van der Waals surface area contributed by atoms with Crippen LogP contribution in [0.1, 0.15) is 25.2 Å². The molecule has 0 atom stereocenters. The van der Waals surface area contributed by atoms with Crippen LogP contribution in [0.15, 0.2) is 28.8 Å². The standard InChI is InChI=1S/C15H19N3O2/c1-19-12-5-3-11(4-6-12)14-17-13(20-18-14)9-15(10-16)7-2-8-15/h3-6H,2,7-10,16H2,1H3. The Morgan fingerprint density at radius 2 is 2.05 bits per heavy atom. The van der Waals surface area contributed by atoms with Gasteiger partial charge in [-0.2, -0.15) is 4.98 Å². The normalized spacial score (nSPS) is 16.7. The largest absolute Gasteiger partial charge is 0.497 e. The molecule has 0 aliphatic heterocycles. The molecule has 5 heteroatoms. The topological polar surface area (TPSA) is 74.2 Å². The molecule has 2 N–H and O–H groups in total. The smallest absolute Gasteiger partial charge is 0.227 e. The van der Waals surface area contributed by atoms with Gasteiger partial charge in [-0.25, -0.2) is 0 Å². The lowest BCUT2D eigenvalue weighted by Gasteiger charge is -2.39. The van der Waals surface area contributed by atoms with Crippen molar-refractivity contribution in [2.45, 2.75) is 25.7 Å². The second-order valence-electron chi connectivity index (χ2n) is 5.47. The number of aromatic nitrogens is 2. The monoisotopic (exact) mass is 273 g/mol. The number of nitrogens with zero attached hydrogens (tertiary/aromatic N) is 2. The summed E-state index contributed by atoms with van der Waals surface area (Å²) in [5.41, 5.74) is 6.97. The van der Waals surface area contributed by atoms with Gasteiger partial charge < -0.3 is 15.0 Å². The Balaban J connectivity index is 1.75. The van der Waals surface area contributed by atoms with Gasteiger partial charge in [0.05, 0.1) is 7.11 Å². The van der Waals surface area contributed by atoms with E-state index in [1.165, 1.54) is 6.42 Å². The highest BCUT2D eigenvalue weighted by atomic mass is 16.5. The Labute approximate surface area is 118 Å². The molecule has 1 saturated carbocycles. The van der Waals surface area contributed by atoms with Crippen molar-refractivity contribution in [2.24, 2.45) is 11.1 Å². The van der Waals surface area contributed by atoms with E-state index < -0.39 is 0 Å². The third-order valence-corrected chi connectivity index (χ3v) is 4.19. The fourth-order valence-electron chi connectivity index (χ4n) is 2.63. The van der Waals surface area contributed by atoms with Crippen LogP contribution in [0.2, 0.25) is 0 Å². The Morgan fingerprint density at radius 1 is 1.30 bits per heavy atom. The van der Waals surface area contributed by atoms with Gasteiger partial charge in [-0.1, -0.05) is 11.6 Å². The first-order chi connectivity index (χ1) is 9.74. The van der Waals surface area contributed by atoms with Crippen LogP contribution in [0, 0.1) is 5.41 Å². The van der Waals surface area contributed by atoms with E-state index in [1.54, 1.807) is 7.11 Å². The summed E-state index contributed by atoms with van der Waals surface area (Å²) in [6.45, 7) is 0.688. The summed E-state index contributed by atoms with van der Waals surface area (Å²) < 4.78 is 10.5. The summed E-state index contributed by atoms with van der Waals surface area (Å²) in [7, 11) is 1.65. The molecule has 1 fully saturated rings. The predicted molar refractivity (Wildman–Crippen MR) is 75.3 cm³/mol. The van der Waals surface area contributed by atoms with Crippen molar-refractivity contribution in [2.75, 3.05) is 13.7 Å². The SMILES string of the molecule is COc1ccc(-c2noc(CC3(CN)CCC3)n2)cc1. The van der Waals surface area contributed by atoms with Gasteiger partial charge in [-0.3, -0.25) is 0 Å². The minimum Gasteiger partial charge on any atom is -0.497 e. The zero-order valence-corrected chi connectivity index (χ0v) is 11.6. The Hall–Kier alpha value is -1.88. The lowest BCUT2D eigenvalue weighted by Crippen LogP contribution is -2.39. The molecule has 0 radical (unpaired) electrons. The van der Waals surface area contributed by atoms with Crippen molar-refractivity contribution in [3.63, 3.8) is 0 Å². The Bertz CT molecular complexity index is 568. The number of nitrogens with two attached hydrogens (primary N) is 1. The quantitative estimate of drug-likeness (QED) is 0.905. The average Bonchev–Trinajstić information content (AvgIpc) is 2.91. The third-order valence-electron chi connectivity index (χ3n) is 4.19. The van der Waals surface area contributed by atoms with Gasteiger partial charge in [0.15, 0.2) is 0 Å². The summed E-state index contributed by atoms with van der Waals surface area (Å²) in [4.78, 5) is 4.48. The van der Waals surface area contributed by atoms with E-state index in [2.05, 4.69) is 10.1 Å². The van der Waals surface area contributed by atoms with Gasteiger partial charge in [-0.15, -0.1) is 0 Å². The maximum absolute atomic E-state index is 5.86. The summed E-state index contributed by atoms with van der Waals surface area (Å²) in [6.07, 6.45) is 4.34. The third kappa shape index (κ3) is 2.41. The fourth-order valence-corrected chi connectivity index (χ4v) is 2.63. The molecule has 1 aromatic heterocycles. The molecule has 0 bridgehead atoms. The summed E-state index contributed by atoms with van der Waals surface area (Å²) >= 11 is 0. The van der Waals surface area contributed by atoms with E-state index in [-0.39, 0.29) is 5.41 Å². The van der Waals surface area contributed by atoms with E-state index in [0.717, 1.165) is 30.6 Å². The maximum atomic E-state index is 5.86. The highest BCUT2D eigenvalue weighted by Gasteiger charge is 2.37. The predicted octanol–water partition coefficient (Wildman–Crippen LogP) is 2.42. The Kier molecular flexibility index (Phi) is 3.44. The molecular formula is C15H19N3O2. The molecule has 5 nitrogen and oxygen atoms in total. The van der Waals surface area contributed by atoms with Crippen LogP contribution in [0.4, 0.5) is 0 Å². The molecule has 1 aromatic carbocycles.